The molecule has 0 aliphatic rings. The summed E-state index contributed by atoms with van der Waals surface area (Å²) in [6, 6.07) is 4.59. The molecule has 0 aliphatic heterocycles. The molecule has 0 heterocycles. The highest BCUT2D eigenvalue weighted by atomic mass is 127. The average molecular weight is 290 g/mol. The summed E-state index contributed by atoms with van der Waals surface area (Å²) in [6.07, 6.45) is 2.32. The summed E-state index contributed by atoms with van der Waals surface area (Å²) in [5.41, 5.74) is 5.91. The van der Waals surface area contributed by atoms with E-state index in [4.69, 9.17) is 0 Å². The molecule has 0 bridgehead atoms. The number of hydrogen-bond acceptors (Lipinski definition) is 0. The normalized spacial score (nSPS) is 9.54. The Kier molecular flexibility index (Phi) is 5.61. The second-order valence-corrected chi connectivity index (χ2v) is 3.43. The molecule has 13 heavy (non-hydrogen) atoms. The molecule has 0 radical (unpaired) electrons. The van der Waals surface area contributed by atoms with Gasteiger partial charge in [0.15, 0.2) is 0 Å². The molecule has 0 unspecified atom stereocenters. The molecule has 0 amide bonds. The largest absolute Gasteiger partial charge is 0.107 e. The zero-order valence-electron chi connectivity index (χ0n) is 8.98. The molecule has 1 aromatic carbocycles. The molecule has 0 nitrogen and oxygen atoms in total. The van der Waals surface area contributed by atoms with Crippen LogP contribution in [0, 0.1) is 13.8 Å². The molecule has 0 N–H and O–H groups in total. The predicted octanol–water partition coefficient (Wildman–Crippen LogP) is 4.05. The van der Waals surface area contributed by atoms with Crippen LogP contribution >= 0.6 is 24.0 Å². The van der Waals surface area contributed by atoms with Crippen molar-refractivity contribution in [3.8, 4) is 0 Å². The van der Waals surface area contributed by atoms with Crippen LogP contribution < -0.4 is 0 Å². The minimum Gasteiger partial charge on any atom is -0.107 e. The molecule has 0 saturated heterocycles. The lowest BCUT2D eigenvalue weighted by Gasteiger charge is -2.10. The van der Waals surface area contributed by atoms with Crippen molar-refractivity contribution in [3.63, 3.8) is 0 Å². The number of hydrogen-bond donors (Lipinski definition) is 0. The Morgan fingerprint density at radius 3 is 2.08 bits per heavy atom. The highest BCUT2D eigenvalue weighted by Crippen LogP contribution is 2.17. The quantitative estimate of drug-likeness (QED) is 0.721. The van der Waals surface area contributed by atoms with Gasteiger partial charge in [-0.15, -0.1) is 24.0 Å². The van der Waals surface area contributed by atoms with E-state index in [0.29, 0.717) is 0 Å². The Balaban J connectivity index is 0.00000144. The van der Waals surface area contributed by atoms with Gasteiger partial charge in [0.2, 0.25) is 0 Å². The maximum atomic E-state index is 2.31. The van der Waals surface area contributed by atoms with Crippen LogP contribution in [0.2, 0.25) is 0 Å². The third-order valence-electron chi connectivity index (χ3n) is 2.44. The van der Waals surface area contributed by atoms with Crippen LogP contribution in [0.3, 0.4) is 0 Å². The van der Waals surface area contributed by atoms with Crippen LogP contribution in [-0.4, -0.2) is 0 Å². The second kappa shape index (κ2) is 5.63. The van der Waals surface area contributed by atoms with Crippen molar-refractivity contribution >= 4 is 24.0 Å². The maximum Gasteiger partial charge on any atom is -0.0302 e. The first-order valence-electron chi connectivity index (χ1n) is 4.78. The van der Waals surface area contributed by atoms with Gasteiger partial charge >= 0.3 is 0 Å². The van der Waals surface area contributed by atoms with Gasteiger partial charge in [0.1, 0.15) is 0 Å². The monoisotopic (exact) mass is 290 g/mol. The van der Waals surface area contributed by atoms with Gasteiger partial charge in [-0.3, -0.25) is 0 Å². The summed E-state index contributed by atoms with van der Waals surface area (Å²) in [5.74, 6) is 0. The molecule has 0 aliphatic carbocycles. The lowest BCUT2D eigenvalue weighted by Crippen LogP contribution is -1.95. The maximum absolute atomic E-state index is 2.31. The first-order chi connectivity index (χ1) is 5.69. The van der Waals surface area contributed by atoms with Crippen molar-refractivity contribution in [2.45, 2.75) is 40.5 Å². The van der Waals surface area contributed by atoms with E-state index in [2.05, 4.69) is 39.8 Å². The summed E-state index contributed by atoms with van der Waals surface area (Å²) in [7, 11) is 0. The topological polar surface area (TPSA) is 0 Å². The van der Waals surface area contributed by atoms with Gasteiger partial charge in [-0.1, -0.05) is 31.5 Å². The average Bonchev–Trinajstić information content (AvgIpc) is 2.03. The molecule has 0 fully saturated rings. The van der Waals surface area contributed by atoms with E-state index in [1.807, 2.05) is 0 Å². The zero-order chi connectivity index (χ0) is 9.14. The van der Waals surface area contributed by atoms with E-state index in [1.165, 1.54) is 16.7 Å². The van der Waals surface area contributed by atoms with Gasteiger partial charge in [-0.2, -0.15) is 0 Å². The van der Waals surface area contributed by atoms with Crippen LogP contribution in [-0.2, 0) is 12.8 Å². The smallest absolute Gasteiger partial charge is 0.0302 e. The van der Waals surface area contributed by atoms with E-state index in [-0.39, 0.29) is 24.0 Å². The van der Waals surface area contributed by atoms with Gasteiger partial charge in [-0.25, -0.2) is 0 Å². The van der Waals surface area contributed by atoms with Gasteiger partial charge in [-0.05, 0) is 43.4 Å². The highest BCUT2D eigenvalue weighted by molar-refractivity contribution is 14.0. The van der Waals surface area contributed by atoms with Gasteiger partial charge < -0.3 is 0 Å². The molecule has 1 rings (SSSR count). The number of benzene rings is 1. The van der Waals surface area contributed by atoms with E-state index in [0.717, 1.165) is 12.8 Å². The Bertz CT molecular complexity index is 277. The summed E-state index contributed by atoms with van der Waals surface area (Å²) in [6.45, 7) is 8.85. The third kappa shape index (κ3) is 2.97. The van der Waals surface area contributed by atoms with E-state index < -0.39 is 0 Å². The van der Waals surface area contributed by atoms with Crippen molar-refractivity contribution in [2.24, 2.45) is 0 Å². The molecule has 74 valence electrons. The fraction of sp³-hybridized carbons (Fsp3) is 0.500. The van der Waals surface area contributed by atoms with Crippen molar-refractivity contribution in [1.29, 1.82) is 0 Å². The summed E-state index contributed by atoms with van der Waals surface area (Å²) >= 11 is 0. The Hall–Kier alpha value is -0.0500. The Labute approximate surface area is 98.8 Å². The first kappa shape index (κ1) is 12.9. The lowest BCUT2D eigenvalue weighted by molar-refractivity contribution is 1.01. The van der Waals surface area contributed by atoms with Crippen LogP contribution in [0.25, 0.3) is 0 Å². The van der Waals surface area contributed by atoms with Crippen molar-refractivity contribution < 1.29 is 0 Å². The number of rotatable bonds is 2. The molecule has 0 spiro atoms. The molecular weight excluding hydrogens is 271 g/mol. The fourth-order valence-corrected chi connectivity index (χ4v) is 1.91. The van der Waals surface area contributed by atoms with Gasteiger partial charge in [0.25, 0.3) is 0 Å². The molecule has 0 atom stereocenters. The molecule has 1 heteroatoms. The Morgan fingerprint density at radius 2 is 1.62 bits per heavy atom. The van der Waals surface area contributed by atoms with Crippen LogP contribution in [0.15, 0.2) is 12.1 Å². The predicted molar refractivity (Wildman–Crippen MR) is 70.1 cm³/mol. The lowest BCUT2D eigenvalue weighted by atomic mass is 9.96. The summed E-state index contributed by atoms with van der Waals surface area (Å²) in [4.78, 5) is 0. The van der Waals surface area contributed by atoms with Crippen LogP contribution in [0.5, 0.6) is 0 Å². The van der Waals surface area contributed by atoms with Crippen molar-refractivity contribution in [3.05, 3.63) is 34.4 Å². The number of halogens is 1. The molecule has 0 saturated carbocycles. The SMILES string of the molecule is CCc1cc(C)cc(C)c1CC.I. The Morgan fingerprint density at radius 1 is 1.00 bits per heavy atom. The molecule has 0 aromatic heterocycles. The highest BCUT2D eigenvalue weighted by Gasteiger charge is 2.02. The van der Waals surface area contributed by atoms with Crippen molar-refractivity contribution in [1.82, 2.24) is 0 Å². The summed E-state index contributed by atoms with van der Waals surface area (Å²) in [5, 5.41) is 0. The van der Waals surface area contributed by atoms with Crippen LogP contribution in [0.1, 0.15) is 36.1 Å². The van der Waals surface area contributed by atoms with E-state index in [9.17, 15) is 0 Å². The van der Waals surface area contributed by atoms with Gasteiger partial charge in [0, 0.05) is 0 Å². The minimum atomic E-state index is 0. The number of aryl methyl sites for hydroxylation is 3. The standard InChI is InChI=1S/C12H18.HI/c1-5-11-8-9(3)7-10(4)12(11)6-2;/h7-8H,5-6H2,1-4H3;1H. The van der Waals surface area contributed by atoms with Gasteiger partial charge in [0.05, 0.1) is 0 Å². The van der Waals surface area contributed by atoms with E-state index in [1.54, 1.807) is 5.56 Å². The summed E-state index contributed by atoms with van der Waals surface area (Å²) < 4.78 is 0. The second-order valence-electron chi connectivity index (χ2n) is 3.43. The van der Waals surface area contributed by atoms with E-state index >= 15 is 0 Å². The van der Waals surface area contributed by atoms with Crippen molar-refractivity contribution in [2.75, 3.05) is 0 Å². The van der Waals surface area contributed by atoms with Crippen LogP contribution in [0.4, 0.5) is 0 Å². The first-order valence-corrected chi connectivity index (χ1v) is 4.78. The minimum absolute atomic E-state index is 0. The third-order valence-corrected chi connectivity index (χ3v) is 2.44. The molecule has 1 aromatic rings. The fourth-order valence-electron chi connectivity index (χ4n) is 1.91. The molecular formula is C12H19I. The zero-order valence-corrected chi connectivity index (χ0v) is 11.3.